The summed E-state index contributed by atoms with van der Waals surface area (Å²) in [6.45, 7) is 2.41. The van der Waals surface area contributed by atoms with Crippen LogP contribution in [0.1, 0.15) is 16.1 Å². The molecule has 0 amide bonds. The molecule has 0 fully saturated rings. The van der Waals surface area contributed by atoms with Gasteiger partial charge in [0.15, 0.2) is 6.10 Å². The Hall–Kier alpha value is -1.72. The second-order valence-electron chi connectivity index (χ2n) is 4.44. The third kappa shape index (κ3) is 4.15. The predicted octanol–water partition coefficient (Wildman–Crippen LogP) is 2.75. The summed E-state index contributed by atoms with van der Waals surface area (Å²) >= 11 is 1.50. The van der Waals surface area contributed by atoms with Crippen molar-refractivity contribution in [3.63, 3.8) is 0 Å². The molecular formula is C15H17NO3S. The summed E-state index contributed by atoms with van der Waals surface area (Å²) in [6, 6.07) is 8.03. The third-order valence-corrected chi connectivity index (χ3v) is 3.68. The fourth-order valence-electron chi connectivity index (χ4n) is 1.74. The molecule has 1 heterocycles. The molecule has 0 aliphatic heterocycles. The van der Waals surface area contributed by atoms with Crippen LogP contribution in [0.4, 0.5) is 0 Å². The number of ether oxygens (including phenoxy) is 2. The molecule has 1 unspecified atom stereocenters. The van der Waals surface area contributed by atoms with Gasteiger partial charge in [0.1, 0.15) is 0 Å². The van der Waals surface area contributed by atoms with Gasteiger partial charge < -0.3 is 9.47 Å². The Bertz CT molecular complexity index is 537. The van der Waals surface area contributed by atoms with Gasteiger partial charge in [-0.3, -0.25) is 0 Å². The number of carbonyl (C=O) groups is 1. The second-order valence-corrected chi connectivity index (χ2v) is 5.42. The van der Waals surface area contributed by atoms with Crippen LogP contribution in [-0.2, 0) is 27.3 Å². The van der Waals surface area contributed by atoms with Crippen molar-refractivity contribution in [2.75, 3.05) is 7.11 Å². The summed E-state index contributed by atoms with van der Waals surface area (Å²) in [5.41, 5.74) is 2.23. The van der Waals surface area contributed by atoms with E-state index in [1.807, 2.05) is 36.6 Å². The third-order valence-electron chi connectivity index (χ3n) is 2.88. The van der Waals surface area contributed by atoms with Crippen LogP contribution in [0.2, 0.25) is 0 Å². The van der Waals surface area contributed by atoms with Crippen LogP contribution in [0.3, 0.4) is 0 Å². The highest BCUT2D eigenvalue weighted by atomic mass is 32.1. The molecule has 0 aliphatic carbocycles. The van der Waals surface area contributed by atoms with E-state index in [0.29, 0.717) is 13.0 Å². The highest BCUT2D eigenvalue weighted by Crippen LogP contribution is 2.13. The largest absolute Gasteiger partial charge is 0.467 e. The minimum absolute atomic E-state index is 0.368. The van der Waals surface area contributed by atoms with Crippen molar-refractivity contribution in [1.29, 1.82) is 0 Å². The smallest absolute Gasteiger partial charge is 0.335 e. The van der Waals surface area contributed by atoms with Crippen LogP contribution in [0.5, 0.6) is 0 Å². The van der Waals surface area contributed by atoms with Crippen molar-refractivity contribution < 1.29 is 14.3 Å². The average molecular weight is 291 g/mol. The average Bonchev–Trinajstić information content (AvgIpc) is 2.97. The quantitative estimate of drug-likeness (QED) is 0.768. The number of hydrogen-bond acceptors (Lipinski definition) is 5. The summed E-state index contributed by atoms with van der Waals surface area (Å²) in [4.78, 5) is 15.9. The molecule has 1 aromatic carbocycles. The molecule has 0 bridgehead atoms. The fourth-order valence-corrected chi connectivity index (χ4v) is 2.38. The second kappa shape index (κ2) is 7.17. The molecular weight excluding hydrogens is 274 g/mol. The van der Waals surface area contributed by atoms with Gasteiger partial charge in [-0.25, -0.2) is 9.78 Å². The van der Waals surface area contributed by atoms with Gasteiger partial charge in [-0.15, -0.1) is 11.3 Å². The van der Waals surface area contributed by atoms with Crippen molar-refractivity contribution in [3.8, 4) is 0 Å². The zero-order chi connectivity index (χ0) is 14.4. The minimum atomic E-state index is -0.618. The van der Waals surface area contributed by atoms with Crippen LogP contribution >= 0.6 is 11.3 Å². The van der Waals surface area contributed by atoms with E-state index in [1.54, 1.807) is 6.20 Å². The molecule has 0 saturated carbocycles. The molecule has 1 atom stereocenters. The number of hydrogen-bond donors (Lipinski definition) is 0. The van der Waals surface area contributed by atoms with Crippen molar-refractivity contribution in [3.05, 3.63) is 52.0 Å². The van der Waals surface area contributed by atoms with Gasteiger partial charge in [-0.05, 0) is 12.5 Å². The van der Waals surface area contributed by atoms with Gasteiger partial charge in [-0.1, -0.05) is 29.8 Å². The van der Waals surface area contributed by atoms with Gasteiger partial charge in [0, 0.05) is 18.0 Å². The van der Waals surface area contributed by atoms with Crippen molar-refractivity contribution in [1.82, 2.24) is 4.98 Å². The topological polar surface area (TPSA) is 48.4 Å². The van der Waals surface area contributed by atoms with E-state index in [4.69, 9.17) is 9.47 Å². The van der Waals surface area contributed by atoms with Crippen molar-refractivity contribution in [2.45, 2.75) is 26.1 Å². The Labute approximate surface area is 122 Å². The van der Waals surface area contributed by atoms with E-state index in [0.717, 1.165) is 10.6 Å². The first-order chi connectivity index (χ1) is 9.69. The number of esters is 1. The maximum absolute atomic E-state index is 11.7. The lowest BCUT2D eigenvalue weighted by Gasteiger charge is -2.14. The molecule has 1 aromatic heterocycles. The van der Waals surface area contributed by atoms with Crippen LogP contribution in [0, 0.1) is 6.92 Å². The number of aromatic nitrogens is 1. The summed E-state index contributed by atoms with van der Waals surface area (Å²) in [5, 5.41) is 2.74. The highest BCUT2D eigenvalue weighted by Gasteiger charge is 2.21. The lowest BCUT2D eigenvalue weighted by atomic mass is 10.1. The predicted molar refractivity (Wildman–Crippen MR) is 77.6 cm³/mol. The summed E-state index contributed by atoms with van der Waals surface area (Å²) in [5.74, 6) is -0.368. The molecule has 106 valence electrons. The number of thiazole rings is 1. The number of carbonyl (C=O) groups excluding carboxylic acids is 1. The molecule has 4 nitrogen and oxygen atoms in total. The molecule has 0 N–H and O–H groups in total. The zero-order valence-corrected chi connectivity index (χ0v) is 12.4. The van der Waals surface area contributed by atoms with Gasteiger partial charge in [-0.2, -0.15) is 0 Å². The summed E-state index contributed by atoms with van der Waals surface area (Å²) in [6.07, 6.45) is 1.54. The zero-order valence-electron chi connectivity index (χ0n) is 11.5. The van der Waals surface area contributed by atoms with Crippen LogP contribution in [-0.4, -0.2) is 24.2 Å². The van der Waals surface area contributed by atoms with E-state index >= 15 is 0 Å². The first-order valence-corrected chi connectivity index (χ1v) is 7.20. The first kappa shape index (κ1) is 14.7. The van der Waals surface area contributed by atoms with Gasteiger partial charge in [0.05, 0.1) is 18.7 Å². The Balaban J connectivity index is 1.97. The Morgan fingerprint density at radius 2 is 2.10 bits per heavy atom. The SMILES string of the molecule is COC(=O)C(Cc1nccs1)OCc1ccc(C)cc1. The molecule has 20 heavy (non-hydrogen) atoms. The Morgan fingerprint density at radius 3 is 2.70 bits per heavy atom. The minimum Gasteiger partial charge on any atom is -0.467 e. The van der Waals surface area contributed by atoms with Gasteiger partial charge >= 0.3 is 5.97 Å². The maximum Gasteiger partial charge on any atom is 0.335 e. The molecule has 5 heteroatoms. The molecule has 0 radical (unpaired) electrons. The number of nitrogens with zero attached hydrogens (tertiary/aromatic N) is 1. The van der Waals surface area contributed by atoms with Crippen LogP contribution in [0.25, 0.3) is 0 Å². The van der Waals surface area contributed by atoms with Gasteiger partial charge in [0.25, 0.3) is 0 Å². The lowest BCUT2D eigenvalue weighted by molar-refractivity contribution is -0.154. The van der Waals surface area contributed by atoms with Crippen LogP contribution in [0.15, 0.2) is 35.8 Å². The van der Waals surface area contributed by atoms with E-state index in [2.05, 4.69) is 4.98 Å². The van der Waals surface area contributed by atoms with E-state index in [9.17, 15) is 4.79 Å². The molecule has 0 aliphatic rings. The van der Waals surface area contributed by atoms with Crippen molar-refractivity contribution in [2.24, 2.45) is 0 Å². The number of aryl methyl sites for hydroxylation is 1. The Morgan fingerprint density at radius 1 is 1.35 bits per heavy atom. The lowest BCUT2D eigenvalue weighted by Crippen LogP contribution is -2.27. The highest BCUT2D eigenvalue weighted by molar-refractivity contribution is 7.09. The van der Waals surface area contributed by atoms with Crippen molar-refractivity contribution >= 4 is 17.3 Å². The molecule has 0 spiro atoms. The monoisotopic (exact) mass is 291 g/mol. The number of rotatable bonds is 6. The number of benzene rings is 1. The summed E-state index contributed by atoms with van der Waals surface area (Å²) < 4.78 is 10.5. The molecule has 2 aromatic rings. The first-order valence-electron chi connectivity index (χ1n) is 6.32. The molecule has 2 rings (SSSR count). The van der Waals surface area contributed by atoms with E-state index in [1.165, 1.54) is 24.0 Å². The summed E-state index contributed by atoms with van der Waals surface area (Å²) in [7, 11) is 1.37. The fraction of sp³-hybridized carbons (Fsp3) is 0.333. The standard InChI is InChI=1S/C15H17NO3S/c1-11-3-5-12(6-4-11)10-19-13(15(17)18-2)9-14-16-7-8-20-14/h3-8,13H,9-10H2,1-2H3. The maximum atomic E-state index is 11.7. The van der Waals surface area contributed by atoms with E-state index in [-0.39, 0.29) is 5.97 Å². The number of methoxy groups -OCH3 is 1. The molecule has 0 saturated heterocycles. The Kier molecular flexibility index (Phi) is 5.26. The van der Waals surface area contributed by atoms with Gasteiger partial charge in [0.2, 0.25) is 0 Å². The normalized spacial score (nSPS) is 12.1. The van der Waals surface area contributed by atoms with Crippen LogP contribution < -0.4 is 0 Å². The van der Waals surface area contributed by atoms with E-state index < -0.39 is 6.10 Å².